The predicted octanol–water partition coefficient (Wildman–Crippen LogP) is 3.89. The quantitative estimate of drug-likeness (QED) is 0.855. The Kier molecular flexibility index (Phi) is 3.31. The molecule has 1 N–H and O–H groups in total. The van der Waals surface area contributed by atoms with Crippen molar-refractivity contribution in [3.8, 4) is 5.75 Å². The molecule has 0 spiro atoms. The fraction of sp³-hybridized carbons (Fsp3) is 0.400. The molecule has 1 unspecified atom stereocenters. The maximum absolute atomic E-state index is 13.8. The number of aliphatic carboxylic acids is 1. The number of fused-ring (bicyclic) bond motifs is 1. The Balaban J connectivity index is 2.80. The third kappa shape index (κ3) is 2.18. The van der Waals surface area contributed by atoms with Gasteiger partial charge in [0.2, 0.25) is 5.60 Å². The highest BCUT2D eigenvalue weighted by Gasteiger charge is 2.68. The first-order valence-electron chi connectivity index (χ1n) is 6.31. The predicted molar refractivity (Wildman–Crippen MR) is 70.9 cm³/mol. The third-order valence-corrected chi connectivity index (χ3v) is 3.55. The lowest BCUT2D eigenvalue weighted by atomic mass is 9.69. The number of carbonyl (C=O) groups is 1. The van der Waals surface area contributed by atoms with Crippen molar-refractivity contribution in [2.75, 3.05) is 0 Å². The van der Waals surface area contributed by atoms with E-state index in [1.54, 1.807) is 12.1 Å². The van der Waals surface area contributed by atoms with E-state index in [2.05, 4.69) is 0 Å². The van der Waals surface area contributed by atoms with Crippen LogP contribution in [0.2, 0.25) is 0 Å². The summed E-state index contributed by atoms with van der Waals surface area (Å²) in [5.41, 5.74) is -4.89. The molecular weight excluding hydrogens is 285 g/mol. The molecule has 0 fully saturated rings. The van der Waals surface area contributed by atoms with E-state index in [1.165, 1.54) is 32.9 Å². The van der Waals surface area contributed by atoms with Gasteiger partial charge in [-0.15, -0.1) is 0 Å². The van der Waals surface area contributed by atoms with Crippen molar-refractivity contribution in [2.24, 2.45) is 5.41 Å². The van der Waals surface area contributed by atoms with Crippen molar-refractivity contribution in [3.05, 3.63) is 35.4 Å². The normalized spacial score (nSPS) is 22.1. The van der Waals surface area contributed by atoms with Gasteiger partial charge >= 0.3 is 12.1 Å². The minimum Gasteiger partial charge on any atom is -0.478 e. The number of carboxylic acid groups (broad SMARTS) is 1. The number of hydrogen-bond acceptors (Lipinski definition) is 2. The monoisotopic (exact) mass is 300 g/mol. The van der Waals surface area contributed by atoms with Crippen LogP contribution in [0.3, 0.4) is 0 Å². The second-order valence-corrected chi connectivity index (χ2v) is 5.93. The molecule has 2 rings (SSSR count). The van der Waals surface area contributed by atoms with Gasteiger partial charge in [-0.05, 0) is 12.1 Å². The number of benzene rings is 1. The lowest BCUT2D eigenvalue weighted by Gasteiger charge is -2.47. The van der Waals surface area contributed by atoms with E-state index in [9.17, 15) is 23.1 Å². The van der Waals surface area contributed by atoms with Crippen molar-refractivity contribution in [2.45, 2.75) is 32.5 Å². The fourth-order valence-electron chi connectivity index (χ4n) is 2.57. The van der Waals surface area contributed by atoms with Gasteiger partial charge in [-0.25, -0.2) is 4.79 Å². The molecule has 0 aromatic heterocycles. The Bertz CT molecular complexity index is 595. The second-order valence-electron chi connectivity index (χ2n) is 5.93. The number of halogens is 3. The van der Waals surface area contributed by atoms with E-state index in [1.807, 2.05) is 0 Å². The number of ether oxygens (including phenoxy) is 1. The number of hydrogen-bond donors (Lipinski definition) is 1. The maximum atomic E-state index is 13.8. The molecule has 0 bridgehead atoms. The van der Waals surface area contributed by atoms with Gasteiger partial charge in [-0.1, -0.05) is 39.0 Å². The van der Waals surface area contributed by atoms with Gasteiger partial charge in [0.05, 0.1) is 5.57 Å². The van der Waals surface area contributed by atoms with E-state index in [0.717, 1.165) is 6.08 Å². The summed E-state index contributed by atoms with van der Waals surface area (Å²) in [7, 11) is 0. The molecule has 21 heavy (non-hydrogen) atoms. The molecule has 1 heterocycles. The molecule has 0 saturated heterocycles. The summed E-state index contributed by atoms with van der Waals surface area (Å²) in [5, 5.41) is 9.28. The molecule has 0 saturated carbocycles. The molecule has 0 amide bonds. The van der Waals surface area contributed by atoms with Gasteiger partial charge in [-0.2, -0.15) is 13.2 Å². The average Bonchev–Trinajstić information content (AvgIpc) is 2.34. The van der Waals surface area contributed by atoms with Gasteiger partial charge in [0.1, 0.15) is 5.75 Å². The van der Waals surface area contributed by atoms with Crippen LogP contribution in [0.15, 0.2) is 29.8 Å². The summed E-state index contributed by atoms with van der Waals surface area (Å²) in [5.74, 6) is -1.62. The first-order chi connectivity index (χ1) is 9.50. The Morgan fingerprint density at radius 1 is 1.19 bits per heavy atom. The molecule has 114 valence electrons. The van der Waals surface area contributed by atoms with Crippen LogP contribution in [0.1, 0.15) is 26.3 Å². The highest BCUT2D eigenvalue weighted by atomic mass is 19.4. The average molecular weight is 300 g/mol. The third-order valence-electron chi connectivity index (χ3n) is 3.55. The number of alkyl halides is 3. The summed E-state index contributed by atoms with van der Waals surface area (Å²) < 4.78 is 46.6. The molecule has 1 aliphatic rings. The Labute approximate surface area is 120 Å². The van der Waals surface area contributed by atoms with Crippen LogP contribution in [-0.2, 0) is 4.79 Å². The molecule has 0 aliphatic carbocycles. The van der Waals surface area contributed by atoms with Crippen molar-refractivity contribution >= 4 is 12.0 Å². The lowest BCUT2D eigenvalue weighted by Crippen LogP contribution is -2.62. The highest BCUT2D eigenvalue weighted by molar-refractivity contribution is 5.96. The first-order valence-corrected chi connectivity index (χ1v) is 6.31. The summed E-state index contributed by atoms with van der Waals surface area (Å²) in [6.07, 6.45) is -3.83. The molecule has 1 aromatic rings. The smallest absolute Gasteiger partial charge is 0.433 e. The van der Waals surface area contributed by atoms with Crippen molar-refractivity contribution in [1.82, 2.24) is 0 Å². The number of para-hydroxylation sites is 1. The van der Waals surface area contributed by atoms with Crippen LogP contribution in [0.5, 0.6) is 5.75 Å². The molecule has 1 aromatic carbocycles. The minimum absolute atomic E-state index is 0.0229. The van der Waals surface area contributed by atoms with Crippen LogP contribution in [0.4, 0.5) is 13.2 Å². The van der Waals surface area contributed by atoms with E-state index in [0.29, 0.717) is 5.56 Å². The maximum Gasteiger partial charge on any atom is 0.433 e. The zero-order chi connectivity index (χ0) is 16.1. The number of rotatable bonds is 1. The lowest BCUT2D eigenvalue weighted by molar-refractivity contribution is -0.266. The van der Waals surface area contributed by atoms with Crippen molar-refractivity contribution in [1.29, 1.82) is 0 Å². The zero-order valence-corrected chi connectivity index (χ0v) is 11.8. The molecule has 3 nitrogen and oxygen atoms in total. The SMILES string of the molecule is CC(C)(C)C1(C(F)(F)F)Oc2ccccc2C=C1C(=O)O. The topological polar surface area (TPSA) is 46.5 Å². The van der Waals surface area contributed by atoms with E-state index >= 15 is 0 Å². The van der Waals surface area contributed by atoms with Crippen LogP contribution >= 0.6 is 0 Å². The Hall–Kier alpha value is -1.98. The van der Waals surface area contributed by atoms with Crippen LogP contribution in [0.25, 0.3) is 6.08 Å². The van der Waals surface area contributed by atoms with Gasteiger partial charge in [-0.3, -0.25) is 0 Å². The second kappa shape index (κ2) is 4.51. The Morgan fingerprint density at radius 3 is 2.24 bits per heavy atom. The summed E-state index contributed by atoms with van der Waals surface area (Å²) in [4.78, 5) is 11.4. The van der Waals surface area contributed by atoms with Gasteiger partial charge in [0.25, 0.3) is 0 Å². The van der Waals surface area contributed by atoms with E-state index < -0.39 is 28.7 Å². The molecule has 0 radical (unpaired) electrons. The van der Waals surface area contributed by atoms with E-state index in [4.69, 9.17) is 4.74 Å². The molecular formula is C15H15F3O3. The summed E-state index contributed by atoms with van der Waals surface area (Å²) in [6.45, 7) is 3.93. The Morgan fingerprint density at radius 2 is 1.76 bits per heavy atom. The minimum atomic E-state index is -4.87. The molecule has 6 heteroatoms. The zero-order valence-electron chi connectivity index (χ0n) is 11.8. The van der Waals surface area contributed by atoms with Crippen LogP contribution in [0, 0.1) is 5.41 Å². The summed E-state index contributed by atoms with van der Waals surface area (Å²) in [6, 6.07) is 6.07. The largest absolute Gasteiger partial charge is 0.478 e. The van der Waals surface area contributed by atoms with Crippen molar-refractivity contribution < 1.29 is 27.8 Å². The van der Waals surface area contributed by atoms with Gasteiger partial charge in [0, 0.05) is 11.0 Å². The van der Waals surface area contributed by atoms with Gasteiger partial charge in [0.15, 0.2) is 0 Å². The molecule has 1 atom stereocenters. The number of carboxylic acids is 1. The van der Waals surface area contributed by atoms with Crippen LogP contribution in [-0.4, -0.2) is 22.9 Å². The van der Waals surface area contributed by atoms with Gasteiger partial charge < -0.3 is 9.84 Å². The first kappa shape index (κ1) is 15.4. The van der Waals surface area contributed by atoms with Crippen LogP contribution < -0.4 is 4.74 Å². The molecule has 1 aliphatic heterocycles. The summed E-state index contributed by atoms with van der Waals surface area (Å²) >= 11 is 0. The standard InChI is InChI=1S/C15H15F3O3/c1-13(2,3)14(15(16,17)18)10(12(19)20)8-9-6-4-5-7-11(9)21-14/h4-8H,1-3H3,(H,19,20). The van der Waals surface area contributed by atoms with Crippen molar-refractivity contribution in [3.63, 3.8) is 0 Å². The highest BCUT2D eigenvalue weighted by Crippen LogP contribution is 2.54. The fourth-order valence-corrected chi connectivity index (χ4v) is 2.57. The van der Waals surface area contributed by atoms with E-state index in [-0.39, 0.29) is 5.75 Å².